The largest absolute Gasteiger partial charge is 0.462 e. The molecule has 4 rings (SSSR count). The number of nitrogens with zero attached hydrogens (tertiary/aromatic N) is 3. The van der Waals surface area contributed by atoms with Crippen molar-refractivity contribution in [1.29, 1.82) is 0 Å². The van der Waals surface area contributed by atoms with E-state index in [1.165, 1.54) is 16.8 Å². The molecule has 1 aromatic heterocycles. The van der Waals surface area contributed by atoms with Crippen LogP contribution in [0.1, 0.15) is 32.3 Å². The van der Waals surface area contributed by atoms with Crippen LogP contribution in [0.3, 0.4) is 0 Å². The molecule has 1 aliphatic rings. The van der Waals surface area contributed by atoms with Crippen molar-refractivity contribution in [3.05, 3.63) is 54.1 Å². The third-order valence-electron chi connectivity index (χ3n) is 4.93. The van der Waals surface area contributed by atoms with E-state index in [0.29, 0.717) is 29.4 Å². The molecule has 1 fully saturated rings. The molecule has 168 valence electrons. The first kappa shape index (κ1) is 21.9. The first-order valence-electron chi connectivity index (χ1n) is 10.4. The summed E-state index contributed by atoms with van der Waals surface area (Å²) in [7, 11) is 0. The van der Waals surface area contributed by atoms with Crippen molar-refractivity contribution in [3.8, 4) is 23.1 Å². The zero-order valence-corrected chi connectivity index (χ0v) is 17.7. The molecular weight excluding hydrogens is 421 g/mol. The number of anilines is 1. The van der Waals surface area contributed by atoms with Crippen LogP contribution in [0.15, 0.2) is 48.5 Å². The summed E-state index contributed by atoms with van der Waals surface area (Å²) in [5.41, 5.74) is 1.03. The SMILES string of the molecule is CC(C)COc1nc(-c2ccc(C(F)(F)F)cc2)n(-c2ccc(NC(=O)C3CC3)cc2)n1. The van der Waals surface area contributed by atoms with E-state index in [9.17, 15) is 18.0 Å². The van der Waals surface area contributed by atoms with Gasteiger partial charge in [0.05, 0.1) is 17.9 Å². The van der Waals surface area contributed by atoms with E-state index in [4.69, 9.17) is 4.74 Å². The smallest absolute Gasteiger partial charge is 0.416 e. The minimum atomic E-state index is -4.42. The van der Waals surface area contributed by atoms with Crippen LogP contribution in [-0.4, -0.2) is 27.3 Å². The van der Waals surface area contributed by atoms with Gasteiger partial charge in [0.15, 0.2) is 5.82 Å². The van der Waals surface area contributed by atoms with Crippen LogP contribution in [0, 0.1) is 11.8 Å². The van der Waals surface area contributed by atoms with Crippen molar-refractivity contribution in [2.45, 2.75) is 32.9 Å². The molecule has 9 heteroatoms. The van der Waals surface area contributed by atoms with Crippen molar-refractivity contribution in [1.82, 2.24) is 14.8 Å². The van der Waals surface area contributed by atoms with Gasteiger partial charge < -0.3 is 10.1 Å². The number of hydrogen-bond donors (Lipinski definition) is 1. The second-order valence-electron chi connectivity index (χ2n) is 8.22. The zero-order chi connectivity index (χ0) is 22.9. The number of amides is 1. The Morgan fingerprint density at radius 1 is 1.12 bits per heavy atom. The topological polar surface area (TPSA) is 69.0 Å². The lowest BCUT2D eigenvalue weighted by atomic mass is 10.1. The van der Waals surface area contributed by atoms with Gasteiger partial charge in [0.1, 0.15) is 0 Å². The van der Waals surface area contributed by atoms with E-state index in [0.717, 1.165) is 25.0 Å². The number of nitrogens with one attached hydrogen (secondary N) is 1. The van der Waals surface area contributed by atoms with E-state index >= 15 is 0 Å². The van der Waals surface area contributed by atoms with Gasteiger partial charge in [-0.2, -0.15) is 18.2 Å². The van der Waals surface area contributed by atoms with E-state index in [1.807, 2.05) is 13.8 Å². The highest BCUT2D eigenvalue weighted by atomic mass is 19.4. The number of carbonyl (C=O) groups excluding carboxylic acids is 1. The number of aromatic nitrogens is 3. The molecule has 0 bridgehead atoms. The van der Waals surface area contributed by atoms with Gasteiger partial charge in [0, 0.05) is 17.2 Å². The third-order valence-corrected chi connectivity index (χ3v) is 4.93. The summed E-state index contributed by atoms with van der Waals surface area (Å²) in [6.07, 6.45) is -2.59. The van der Waals surface area contributed by atoms with Crippen molar-refractivity contribution in [2.24, 2.45) is 11.8 Å². The van der Waals surface area contributed by atoms with Gasteiger partial charge in [-0.05, 0) is 55.2 Å². The van der Waals surface area contributed by atoms with Crippen LogP contribution in [0.2, 0.25) is 0 Å². The Balaban J connectivity index is 1.64. The minimum absolute atomic E-state index is 0.00770. The summed E-state index contributed by atoms with van der Waals surface area (Å²) in [5.74, 6) is 0.711. The number of benzene rings is 2. The molecule has 1 heterocycles. The van der Waals surface area contributed by atoms with Gasteiger partial charge in [0.25, 0.3) is 0 Å². The number of rotatable bonds is 7. The number of carbonyl (C=O) groups is 1. The standard InChI is InChI=1S/C23H23F3N4O2/c1-14(2)13-32-22-28-20(15-5-7-17(8-6-15)23(24,25)26)30(29-22)19-11-9-18(10-12-19)27-21(31)16-3-4-16/h5-12,14,16H,3-4,13H2,1-2H3,(H,27,31). The second-order valence-corrected chi connectivity index (χ2v) is 8.22. The fourth-order valence-corrected chi connectivity index (χ4v) is 3.05. The van der Waals surface area contributed by atoms with Crippen LogP contribution in [-0.2, 0) is 11.0 Å². The summed E-state index contributed by atoms with van der Waals surface area (Å²) < 4.78 is 46.0. The molecule has 32 heavy (non-hydrogen) atoms. The first-order chi connectivity index (χ1) is 15.2. The number of hydrogen-bond acceptors (Lipinski definition) is 4. The minimum Gasteiger partial charge on any atom is -0.462 e. The van der Waals surface area contributed by atoms with Crippen molar-refractivity contribution in [2.75, 3.05) is 11.9 Å². The first-order valence-corrected chi connectivity index (χ1v) is 10.4. The van der Waals surface area contributed by atoms with Crippen LogP contribution in [0.5, 0.6) is 6.01 Å². The number of alkyl halides is 3. The Hall–Kier alpha value is -3.36. The second kappa shape index (κ2) is 8.64. The maximum atomic E-state index is 12.9. The van der Waals surface area contributed by atoms with Gasteiger partial charge in [-0.25, -0.2) is 4.68 Å². The Kier molecular flexibility index (Phi) is 5.90. The highest BCUT2D eigenvalue weighted by molar-refractivity contribution is 5.94. The summed E-state index contributed by atoms with van der Waals surface area (Å²) in [5, 5.41) is 7.27. The molecule has 0 spiro atoms. The van der Waals surface area contributed by atoms with Gasteiger partial charge >= 0.3 is 12.2 Å². The number of ether oxygens (including phenoxy) is 1. The van der Waals surface area contributed by atoms with Crippen LogP contribution < -0.4 is 10.1 Å². The molecular formula is C23H23F3N4O2. The number of halogens is 3. The van der Waals surface area contributed by atoms with Crippen LogP contribution in [0.25, 0.3) is 17.1 Å². The summed E-state index contributed by atoms with van der Waals surface area (Å²) >= 11 is 0. The lowest BCUT2D eigenvalue weighted by Gasteiger charge is -2.09. The Morgan fingerprint density at radius 3 is 2.34 bits per heavy atom. The third kappa shape index (κ3) is 5.09. The van der Waals surface area contributed by atoms with Crippen LogP contribution in [0.4, 0.5) is 18.9 Å². The van der Waals surface area contributed by atoms with Gasteiger partial charge in [-0.3, -0.25) is 4.79 Å². The molecule has 0 radical (unpaired) electrons. The lowest BCUT2D eigenvalue weighted by Crippen LogP contribution is -2.13. The molecule has 1 amide bonds. The molecule has 0 saturated heterocycles. The molecule has 0 atom stereocenters. The molecule has 1 N–H and O–H groups in total. The molecule has 2 aromatic carbocycles. The van der Waals surface area contributed by atoms with Crippen LogP contribution >= 0.6 is 0 Å². The summed E-state index contributed by atoms with van der Waals surface area (Å²) in [4.78, 5) is 16.4. The molecule has 3 aromatic rings. The molecule has 1 aliphatic carbocycles. The van der Waals surface area contributed by atoms with E-state index in [2.05, 4.69) is 15.4 Å². The zero-order valence-electron chi connectivity index (χ0n) is 17.7. The van der Waals surface area contributed by atoms with Gasteiger partial charge in [0.2, 0.25) is 5.91 Å². The average molecular weight is 444 g/mol. The van der Waals surface area contributed by atoms with E-state index in [-0.39, 0.29) is 23.8 Å². The van der Waals surface area contributed by atoms with Gasteiger partial charge in [-0.15, -0.1) is 5.10 Å². The Labute approximate surface area is 183 Å². The Bertz CT molecular complexity index is 1090. The normalized spacial score (nSPS) is 13.9. The van der Waals surface area contributed by atoms with Crippen molar-refractivity contribution >= 4 is 11.6 Å². The fourth-order valence-electron chi connectivity index (χ4n) is 3.05. The molecule has 0 unspecified atom stereocenters. The molecule has 0 aliphatic heterocycles. The predicted molar refractivity (Wildman–Crippen MR) is 113 cm³/mol. The molecule has 6 nitrogen and oxygen atoms in total. The Morgan fingerprint density at radius 2 is 1.78 bits per heavy atom. The lowest BCUT2D eigenvalue weighted by molar-refractivity contribution is -0.137. The van der Waals surface area contributed by atoms with E-state index < -0.39 is 11.7 Å². The quantitative estimate of drug-likeness (QED) is 0.534. The summed E-state index contributed by atoms with van der Waals surface area (Å²) in [6, 6.07) is 11.9. The summed E-state index contributed by atoms with van der Waals surface area (Å²) in [6.45, 7) is 4.38. The monoisotopic (exact) mass is 444 g/mol. The van der Waals surface area contributed by atoms with Crippen molar-refractivity contribution in [3.63, 3.8) is 0 Å². The fraction of sp³-hybridized carbons (Fsp3) is 0.348. The maximum Gasteiger partial charge on any atom is 0.416 e. The average Bonchev–Trinajstić information content (AvgIpc) is 3.52. The van der Waals surface area contributed by atoms with Crippen molar-refractivity contribution < 1.29 is 22.7 Å². The highest BCUT2D eigenvalue weighted by Crippen LogP contribution is 2.32. The highest BCUT2D eigenvalue weighted by Gasteiger charge is 2.31. The maximum absolute atomic E-state index is 12.9. The van der Waals surface area contributed by atoms with E-state index in [1.54, 1.807) is 24.3 Å². The van der Waals surface area contributed by atoms with Gasteiger partial charge in [-0.1, -0.05) is 26.0 Å². The molecule has 1 saturated carbocycles. The predicted octanol–water partition coefficient (Wildman–Crippen LogP) is 5.34.